The molecule has 0 spiro atoms. The van der Waals surface area contributed by atoms with Crippen molar-refractivity contribution < 1.29 is 22.2 Å². The average molecular weight is 581 g/mol. The zero-order valence-electron chi connectivity index (χ0n) is 14.0. The van der Waals surface area contributed by atoms with E-state index in [-0.39, 0.29) is 30.3 Å². The molecule has 0 atom stereocenters. The number of hydrogen-bond acceptors (Lipinski definition) is 6. The van der Waals surface area contributed by atoms with Gasteiger partial charge in [0.15, 0.2) is 10.9 Å². The first-order chi connectivity index (χ1) is 13.6. The van der Waals surface area contributed by atoms with Crippen LogP contribution >= 0.6 is 55.7 Å². The average Bonchev–Trinajstić information content (AvgIpc) is 2.61. The minimum Gasteiger partial charge on any atom is -0.377 e. The van der Waals surface area contributed by atoms with Gasteiger partial charge in [-0.05, 0) is 92.1 Å². The lowest BCUT2D eigenvalue weighted by Crippen LogP contribution is -2.51. The van der Waals surface area contributed by atoms with Crippen LogP contribution in [0.2, 0.25) is 5.02 Å². The van der Waals surface area contributed by atoms with Gasteiger partial charge in [0.1, 0.15) is 10.5 Å². The molecule has 1 aliphatic heterocycles. The van der Waals surface area contributed by atoms with Crippen molar-refractivity contribution in [3.8, 4) is 5.75 Å². The van der Waals surface area contributed by atoms with Gasteiger partial charge in [-0.25, -0.2) is 0 Å². The van der Waals surface area contributed by atoms with E-state index in [1.54, 1.807) is 0 Å². The molecule has 2 N–H and O–H groups in total. The Morgan fingerprint density at radius 3 is 2.03 bits per heavy atom. The fourth-order valence-electron chi connectivity index (χ4n) is 2.27. The van der Waals surface area contributed by atoms with Crippen molar-refractivity contribution in [2.24, 2.45) is 0 Å². The third-order valence-corrected chi connectivity index (χ3v) is 6.44. The van der Waals surface area contributed by atoms with Crippen molar-refractivity contribution in [2.45, 2.75) is 4.90 Å². The van der Waals surface area contributed by atoms with Crippen LogP contribution in [0.1, 0.15) is 5.56 Å². The number of carbonyl (C=O) groups excluding carboxylic acids is 2. The van der Waals surface area contributed by atoms with Gasteiger partial charge in [0.05, 0.1) is 8.95 Å². The van der Waals surface area contributed by atoms with Gasteiger partial charge in [-0.2, -0.15) is 8.42 Å². The van der Waals surface area contributed by atoms with E-state index in [1.807, 2.05) is 0 Å². The molecule has 150 valence electrons. The minimum absolute atomic E-state index is 0.000764. The summed E-state index contributed by atoms with van der Waals surface area (Å²) in [6.07, 6.45) is 1.33. The van der Waals surface area contributed by atoms with Crippen LogP contribution < -0.4 is 14.8 Å². The normalized spacial score (nSPS) is 14.3. The van der Waals surface area contributed by atoms with E-state index in [0.29, 0.717) is 10.6 Å². The van der Waals surface area contributed by atoms with Crippen molar-refractivity contribution in [3.05, 3.63) is 61.5 Å². The molecule has 2 amide bonds. The first-order valence-electron chi connectivity index (χ1n) is 7.64. The summed E-state index contributed by atoms with van der Waals surface area (Å²) in [4.78, 5) is 23.8. The minimum atomic E-state index is -4.12. The van der Waals surface area contributed by atoms with Crippen LogP contribution in [0.5, 0.6) is 5.75 Å². The molecule has 2 aromatic carbocycles. The summed E-state index contributed by atoms with van der Waals surface area (Å²) in [7, 11) is -4.12. The molecule has 1 saturated heterocycles. The Kier molecular flexibility index (Phi) is 6.44. The molecule has 1 aliphatic rings. The second kappa shape index (κ2) is 8.52. The van der Waals surface area contributed by atoms with Crippen molar-refractivity contribution in [2.75, 3.05) is 0 Å². The predicted molar refractivity (Wildman–Crippen MR) is 118 cm³/mol. The van der Waals surface area contributed by atoms with Gasteiger partial charge in [-0.1, -0.05) is 11.6 Å². The van der Waals surface area contributed by atoms with E-state index in [0.717, 1.165) is 0 Å². The Labute approximate surface area is 192 Å². The highest BCUT2D eigenvalue weighted by atomic mass is 79.9. The summed E-state index contributed by atoms with van der Waals surface area (Å²) in [6.45, 7) is 0. The van der Waals surface area contributed by atoms with Crippen LogP contribution in [0.4, 0.5) is 0 Å². The van der Waals surface area contributed by atoms with Crippen LogP contribution in [0.15, 0.2) is 55.8 Å². The van der Waals surface area contributed by atoms with E-state index in [2.05, 4.69) is 42.5 Å². The van der Waals surface area contributed by atoms with E-state index < -0.39 is 21.9 Å². The Balaban J connectivity index is 1.93. The third-order valence-electron chi connectivity index (χ3n) is 3.57. The second-order valence-corrected chi connectivity index (χ2v) is 9.70. The molecule has 0 aliphatic carbocycles. The topological polar surface area (TPSA) is 102 Å². The molecule has 7 nitrogen and oxygen atoms in total. The number of benzene rings is 2. The lowest BCUT2D eigenvalue weighted by Gasteiger charge is -2.16. The third kappa shape index (κ3) is 5.04. The number of thiocarbonyl (C=S) groups is 1. The Bertz CT molecular complexity index is 1140. The van der Waals surface area contributed by atoms with Crippen LogP contribution in [0.25, 0.3) is 6.08 Å². The Morgan fingerprint density at radius 2 is 1.52 bits per heavy atom. The first kappa shape index (κ1) is 21.9. The lowest BCUT2D eigenvalue weighted by atomic mass is 10.1. The summed E-state index contributed by atoms with van der Waals surface area (Å²) in [6, 6.07) is 8.51. The molecule has 1 heterocycles. The maximum Gasteiger partial charge on any atom is 0.339 e. The highest BCUT2D eigenvalue weighted by molar-refractivity contribution is 9.11. The van der Waals surface area contributed by atoms with E-state index in [9.17, 15) is 18.0 Å². The highest BCUT2D eigenvalue weighted by Gasteiger charge is 2.26. The van der Waals surface area contributed by atoms with Crippen molar-refractivity contribution in [1.82, 2.24) is 10.6 Å². The molecule has 3 rings (SSSR count). The standard InChI is InChI=1S/C17H9Br2ClN2O5S2/c18-12-6-8(5-11-15(23)21-17(28)22-16(11)24)7-13(19)14(12)27-29(25,26)10-3-1-9(20)2-4-10/h1-7H,(H2,21,22,23,24,28). The van der Waals surface area contributed by atoms with Crippen molar-refractivity contribution in [1.29, 1.82) is 0 Å². The number of amides is 2. The van der Waals surface area contributed by atoms with Gasteiger partial charge in [-0.3, -0.25) is 20.2 Å². The molecule has 2 aromatic rings. The van der Waals surface area contributed by atoms with E-state index >= 15 is 0 Å². The molecule has 0 unspecified atom stereocenters. The lowest BCUT2D eigenvalue weighted by molar-refractivity contribution is -0.123. The monoisotopic (exact) mass is 578 g/mol. The zero-order chi connectivity index (χ0) is 21.3. The summed E-state index contributed by atoms with van der Waals surface area (Å²) in [5, 5.41) is 4.97. The largest absolute Gasteiger partial charge is 0.377 e. The molecular weight excluding hydrogens is 572 g/mol. The quantitative estimate of drug-likeness (QED) is 0.248. The second-order valence-electron chi connectivity index (χ2n) is 5.60. The van der Waals surface area contributed by atoms with Crippen LogP contribution in [0.3, 0.4) is 0 Å². The van der Waals surface area contributed by atoms with Gasteiger partial charge in [-0.15, -0.1) is 0 Å². The van der Waals surface area contributed by atoms with Gasteiger partial charge < -0.3 is 4.18 Å². The van der Waals surface area contributed by atoms with Crippen LogP contribution in [0, 0.1) is 0 Å². The predicted octanol–water partition coefficient (Wildman–Crippen LogP) is 3.55. The summed E-state index contributed by atoms with van der Waals surface area (Å²) < 4.78 is 30.8. The molecule has 1 fully saturated rings. The molecule has 0 aromatic heterocycles. The number of halogens is 3. The molecular formula is C17H9Br2ClN2O5S2. The number of carbonyl (C=O) groups is 2. The van der Waals surface area contributed by atoms with Crippen LogP contribution in [-0.2, 0) is 19.7 Å². The molecule has 0 saturated carbocycles. The summed E-state index contributed by atoms with van der Waals surface area (Å²) in [5.41, 5.74) is 0.285. The fourth-order valence-corrected chi connectivity index (χ4v) is 5.15. The maximum absolute atomic E-state index is 12.5. The maximum atomic E-state index is 12.5. The molecule has 0 radical (unpaired) electrons. The summed E-state index contributed by atoms with van der Waals surface area (Å²) in [5.74, 6) is -1.28. The highest BCUT2D eigenvalue weighted by Crippen LogP contribution is 2.37. The zero-order valence-corrected chi connectivity index (χ0v) is 19.6. The Morgan fingerprint density at radius 1 is 1.00 bits per heavy atom. The number of hydrogen-bond donors (Lipinski definition) is 2. The van der Waals surface area contributed by atoms with E-state index in [4.69, 9.17) is 28.0 Å². The van der Waals surface area contributed by atoms with Crippen molar-refractivity contribution >= 4 is 88.8 Å². The van der Waals surface area contributed by atoms with Gasteiger partial charge in [0.2, 0.25) is 0 Å². The molecule has 29 heavy (non-hydrogen) atoms. The van der Waals surface area contributed by atoms with Gasteiger partial charge in [0.25, 0.3) is 11.8 Å². The number of rotatable bonds is 4. The van der Waals surface area contributed by atoms with Crippen LogP contribution in [-0.4, -0.2) is 25.3 Å². The SMILES string of the molecule is O=C1NC(=S)NC(=O)C1=Cc1cc(Br)c(OS(=O)(=O)c2ccc(Cl)cc2)c(Br)c1. The first-order valence-corrected chi connectivity index (χ1v) is 11.4. The van der Waals surface area contributed by atoms with E-state index in [1.165, 1.54) is 42.5 Å². The molecule has 12 heteroatoms. The fraction of sp³-hybridized carbons (Fsp3) is 0. The van der Waals surface area contributed by atoms with Gasteiger partial charge >= 0.3 is 10.1 Å². The van der Waals surface area contributed by atoms with Crippen molar-refractivity contribution in [3.63, 3.8) is 0 Å². The van der Waals surface area contributed by atoms with Gasteiger partial charge in [0, 0.05) is 5.02 Å². The molecule has 0 bridgehead atoms. The number of nitrogens with one attached hydrogen (secondary N) is 2. The Hall–Kier alpha value is -1.79. The summed E-state index contributed by atoms with van der Waals surface area (Å²) >= 11 is 17.0. The smallest absolute Gasteiger partial charge is 0.339 e.